The van der Waals surface area contributed by atoms with Crippen molar-refractivity contribution < 1.29 is 29.0 Å². The highest BCUT2D eigenvalue weighted by atomic mass is 16.6. The standard InChI is InChI=1S/C31H39N3O6/c1-5-33(6-2)22-15-13-21(14-16-22)32-27(36)26-31-18-17-30(4,40-31)25(29(38)39-7-3)24(31)28(37)34(26)23(19-35)20-11-9-8-10-12-20/h8-16,23-26,35H,5-7,17-19H2,1-4H3,(H,32,36)/t23-,24+,25-,26?,30+,31?/m1/s1. The number of rotatable bonds is 10. The van der Waals surface area contributed by atoms with Crippen LogP contribution in [0, 0.1) is 11.8 Å². The van der Waals surface area contributed by atoms with Crippen LogP contribution in [-0.4, -0.2) is 71.3 Å². The number of aliphatic hydroxyl groups is 1. The van der Waals surface area contributed by atoms with Crippen molar-refractivity contribution in [3.63, 3.8) is 0 Å². The van der Waals surface area contributed by atoms with Gasteiger partial charge in [0.25, 0.3) is 0 Å². The Morgan fingerprint density at radius 1 is 1.10 bits per heavy atom. The topological polar surface area (TPSA) is 108 Å². The van der Waals surface area contributed by atoms with E-state index in [1.165, 1.54) is 4.90 Å². The van der Waals surface area contributed by atoms with Gasteiger partial charge in [-0.05, 0) is 70.4 Å². The molecule has 2 bridgehead atoms. The number of hydrogen-bond acceptors (Lipinski definition) is 7. The molecule has 9 nitrogen and oxygen atoms in total. The zero-order valence-electron chi connectivity index (χ0n) is 23.6. The summed E-state index contributed by atoms with van der Waals surface area (Å²) in [6.45, 7) is 9.27. The molecule has 5 rings (SSSR count). The maximum atomic E-state index is 14.3. The van der Waals surface area contributed by atoms with Crippen LogP contribution < -0.4 is 10.2 Å². The van der Waals surface area contributed by atoms with Crippen LogP contribution in [0.1, 0.15) is 52.1 Å². The number of amides is 2. The highest BCUT2D eigenvalue weighted by Crippen LogP contribution is 2.64. The summed E-state index contributed by atoms with van der Waals surface area (Å²) in [5, 5.41) is 13.6. The van der Waals surface area contributed by atoms with Crippen LogP contribution in [-0.2, 0) is 23.9 Å². The zero-order chi connectivity index (χ0) is 28.7. The number of fused-ring (bicyclic) bond motifs is 1. The lowest BCUT2D eigenvalue weighted by Gasteiger charge is -2.37. The molecule has 2 aromatic carbocycles. The third-order valence-electron chi connectivity index (χ3n) is 8.96. The van der Waals surface area contributed by atoms with E-state index in [2.05, 4.69) is 24.1 Å². The van der Waals surface area contributed by atoms with Gasteiger partial charge in [-0.15, -0.1) is 0 Å². The molecule has 2 N–H and O–H groups in total. The van der Waals surface area contributed by atoms with E-state index in [9.17, 15) is 19.5 Å². The maximum absolute atomic E-state index is 14.3. The molecule has 9 heteroatoms. The number of carbonyl (C=O) groups excluding carboxylic acids is 3. The summed E-state index contributed by atoms with van der Waals surface area (Å²) in [6.07, 6.45) is 0.962. The first-order valence-electron chi connectivity index (χ1n) is 14.2. The first-order valence-corrected chi connectivity index (χ1v) is 14.2. The van der Waals surface area contributed by atoms with Gasteiger partial charge in [-0.2, -0.15) is 0 Å². The van der Waals surface area contributed by atoms with E-state index >= 15 is 0 Å². The number of esters is 1. The van der Waals surface area contributed by atoms with E-state index in [-0.39, 0.29) is 19.1 Å². The predicted molar refractivity (Wildman–Crippen MR) is 151 cm³/mol. The van der Waals surface area contributed by atoms with E-state index in [4.69, 9.17) is 9.47 Å². The predicted octanol–water partition coefficient (Wildman–Crippen LogP) is 3.53. The molecule has 6 atom stereocenters. The Balaban J connectivity index is 1.54. The van der Waals surface area contributed by atoms with Crippen LogP contribution in [0.4, 0.5) is 11.4 Å². The number of carbonyl (C=O) groups is 3. The molecule has 2 unspecified atom stereocenters. The highest BCUT2D eigenvalue weighted by Gasteiger charge is 2.78. The van der Waals surface area contributed by atoms with E-state index in [1.807, 2.05) is 61.5 Å². The fourth-order valence-corrected chi connectivity index (χ4v) is 7.17. The smallest absolute Gasteiger partial charge is 0.312 e. The van der Waals surface area contributed by atoms with Gasteiger partial charge in [0.1, 0.15) is 17.6 Å². The Bertz CT molecular complexity index is 1250. The van der Waals surface area contributed by atoms with Crippen molar-refractivity contribution in [2.24, 2.45) is 11.8 Å². The van der Waals surface area contributed by atoms with Crippen LogP contribution in [0.5, 0.6) is 0 Å². The van der Waals surface area contributed by atoms with Crippen molar-refractivity contribution in [3.8, 4) is 0 Å². The molecule has 3 fully saturated rings. The fraction of sp³-hybridized carbons (Fsp3) is 0.516. The summed E-state index contributed by atoms with van der Waals surface area (Å²) in [6, 6.07) is 14.9. The Hall–Kier alpha value is -3.43. The Kier molecular flexibility index (Phi) is 7.63. The van der Waals surface area contributed by atoms with Gasteiger partial charge >= 0.3 is 5.97 Å². The second kappa shape index (κ2) is 10.9. The third kappa shape index (κ3) is 4.36. The summed E-state index contributed by atoms with van der Waals surface area (Å²) in [7, 11) is 0. The lowest BCUT2D eigenvalue weighted by molar-refractivity contribution is -0.160. The number of ether oxygens (including phenoxy) is 2. The summed E-state index contributed by atoms with van der Waals surface area (Å²) in [4.78, 5) is 45.4. The largest absolute Gasteiger partial charge is 0.466 e. The number of nitrogens with zero attached hydrogens (tertiary/aromatic N) is 2. The van der Waals surface area contributed by atoms with Gasteiger partial charge in [-0.25, -0.2) is 0 Å². The van der Waals surface area contributed by atoms with E-state index in [1.54, 1.807) is 6.92 Å². The molecule has 3 aliphatic rings. The van der Waals surface area contributed by atoms with Gasteiger partial charge in [0.05, 0.1) is 30.8 Å². The molecule has 0 radical (unpaired) electrons. The normalized spacial score (nSPS) is 29.3. The summed E-state index contributed by atoms with van der Waals surface area (Å²) in [5.74, 6) is -2.99. The minimum atomic E-state index is -1.21. The van der Waals surface area contributed by atoms with Crippen LogP contribution in [0.2, 0.25) is 0 Å². The average Bonchev–Trinajstić information content (AvgIpc) is 3.52. The van der Waals surface area contributed by atoms with Crippen molar-refractivity contribution >= 4 is 29.2 Å². The van der Waals surface area contributed by atoms with Crippen LogP contribution in [0.3, 0.4) is 0 Å². The quantitative estimate of drug-likeness (QED) is 0.437. The molecule has 3 saturated heterocycles. The molecule has 0 aliphatic carbocycles. The molecule has 3 heterocycles. The number of likely N-dealkylation sites (tertiary alicyclic amines) is 1. The Morgan fingerprint density at radius 2 is 1.77 bits per heavy atom. The van der Waals surface area contributed by atoms with Gasteiger partial charge in [-0.3, -0.25) is 14.4 Å². The second-order valence-electron chi connectivity index (χ2n) is 11.0. The SMILES string of the molecule is CCOC(=O)[C@H]1[C@H]2C(=O)N([C@H](CO)c3ccccc3)C(C(=O)Nc3ccc(N(CC)CC)cc3)C23CC[C@]1(C)O3. The number of anilines is 2. The summed E-state index contributed by atoms with van der Waals surface area (Å²) in [5.41, 5.74) is 0.214. The number of aliphatic hydroxyl groups excluding tert-OH is 1. The summed E-state index contributed by atoms with van der Waals surface area (Å²) < 4.78 is 12.0. The molecule has 214 valence electrons. The van der Waals surface area contributed by atoms with Gasteiger partial charge in [0, 0.05) is 24.5 Å². The molecule has 0 aromatic heterocycles. The first kappa shape index (κ1) is 28.1. The van der Waals surface area contributed by atoms with Crippen molar-refractivity contribution in [1.29, 1.82) is 0 Å². The first-order chi connectivity index (χ1) is 19.2. The zero-order valence-corrected chi connectivity index (χ0v) is 23.6. The second-order valence-corrected chi connectivity index (χ2v) is 11.0. The molecular formula is C31H39N3O6. The lowest BCUT2D eigenvalue weighted by Crippen LogP contribution is -2.54. The monoisotopic (exact) mass is 549 g/mol. The van der Waals surface area contributed by atoms with Gasteiger partial charge in [0.15, 0.2) is 0 Å². The summed E-state index contributed by atoms with van der Waals surface area (Å²) >= 11 is 0. The van der Waals surface area contributed by atoms with Gasteiger partial charge in [0.2, 0.25) is 11.8 Å². The Labute approximate surface area is 235 Å². The molecule has 40 heavy (non-hydrogen) atoms. The maximum Gasteiger partial charge on any atom is 0.312 e. The number of benzene rings is 2. The van der Waals surface area contributed by atoms with Crippen LogP contribution in [0.25, 0.3) is 0 Å². The third-order valence-corrected chi connectivity index (χ3v) is 8.96. The van der Waals surface area contributed by atoms with E-state index in [0.717, 1.165) is 18.8 Å². The van der Waals surface area contributed by atoms with Crippen molar-refractivity contribution in [2.75, 3.05) is 36.5 Å². The van der Waals surface area contributed by atoms with Crippen molar-refractivity contribution in [3.05, 3.63) is 60.2 Å². The molecular weight excluding hydrogens is 510 g/mol. The van der Waals surface area contributed by atoms with Crippen LogP contribution >= 0.6 is 0 Å². The minimum Gasteiger partial charge on any atom is -0.466 e. The minimum absolute atomic E-state index is 0.180. The molecule has 1 spiro atoms. The van der Waals surface area contributed by atoms with Gasteiger partial charge < -0.3 is 29.7 Å². The number of nitrogens with one attached hydrogen (secondary N) is 1. The van der Waals surface area contributed by atoms with E-state index < -0.39 is 47.0 Å². The molecule has 2 aromatic rings. The molecule has 3 aliphatic heterocycles. The number of hydrogen-bond donors (Lipinski definition) is 2. The average molecular weight is 550 g/mol. The van der Waals surface area contributed by atoms with Crippen molar-refractivity contribution in [1.82, 2.24) is 4.90 Å². The Morgan fingerprint density at radius 3 is 2.38 bits per heavy atom. The van der Waals surface area contributed by atoms with Gasteiger partial charge in [-0.1, -0.05) is 30.3 Å². The fourth-order valence-electron chi connectivity index (χ4n) is 7.17. The van der Waals surface area contributed by atoms with Crippen molar-refractivity contribution in [2.45, 2.75) is 63.8 Å². The lowest BCUT2D eigenvalue weighted by atomic mass is 9.66. The molecule has 0 saturated carbocycles. The highest BCUT2D eigenvalue weighted by molar-refractivity contribution is 6.03. The van der Waals surface area contributed by atoms with Crippen LogP contribution in [0.15, 0.2) is 54.6 Å². The molecule has 2 amide bonds. The van der Waals surface area contributed by atoms with E-state index in [0.29, 0.717) is 24.1 Å².